The molecule has 0 atom stereocenters. The number of benzene rings is 2. The fraction of sp³-hybridized carbons (Fsp3) is 0.0769. The summed E-state index contributed by atoms with van der Waals surface area (Å²) in [5.41, 5.74) is 6.84. The van der Waals surface area contributed by atoms with Crippen LogP contribution in [0.4, 0.5) is 22.7 Å². The van der Waals surface area contributed by atoms with Gasteiger partial charge in [0.2, 0.25) is 0 Å². The van der Waals surface area contributed by atoms with E-state index in [1.54, 1.807) is 31.4 Å². The van der Waals surface area contributed by atoms with Crippen molar-refractivity contribution < 1.29 is 9.66 Å². The maximum Gasteiger partial charge on any atom is 0.292 e. The topological polar surface area (TPSA) is 90.4 Å². The third kappa shape index (κ3) is 2.92. The average Bonchev–Trinajstić information content (AvgIpc) is 2.38. The lowest BCUT2D eigenvalue weighted by Crippen LogP contribution is -1.98. The number of anilines is 3. The Kier molecular flexibility index (Phi) is 3.95. The van der Waals surface area contributed by atoms with Crippen molar-refractivity contribution in [2.75, 3.05) is 18.2 Å². The van der Waals surface area contributed by atoms with E-state index in [1.165, 1.54) is 12.1 Å². The lowest BCUT2D eigenvalue weighted by atomic mass is 10.2. The Morgan fingerprint density at radius 1 is 1.30 bits per heavy atom. The smallest absolute Gasteiger partial charge is 0.292 e. The van der Waals surface area contributed by atoms with Crippen molar-refractivity contribution in [3.8, 4) is 5.75 Å². The summed E-state index contributed by atoms with van der Waals surface area (Å²) in [5.74, 6) is 0.603. The maximum absolute atomic E-state index is 10.7. The summed E-state index contributed by atoms with van der Waals surface area (Å²) in [4.78, 5) is 10.2. The minimum absolute atomic E-state index is 0.0843. The van der Waals surface area contributed by atoms with E-state index >= 15 is 0 Å². The number of rotatable bonds is 4. The van der Waals surface area contributed by atoms with E-state index in [0.717, 1.165) is 0 Å². The summed E-state index contributed by atoms with van der Waals surface area (Å²) in [6, 6.07) is 9.51. The van der Waals surface area contributed by atoms with E-state index in [1.807, 2.05) is 0 Å². The fourth-order valence-electron chi connectivity index (χ4n) is 1.73. The number of nitro groups is 1. The second-order valence-corrected chi connectivity index (χ2v) is 4.44. The van der Waals surface area contributed by atoms with Gasteiger partial charge in [-0.1, -0.05) is 11.6 Å². The van der Waals surface area contributed by atoms with Gasteiger partial charge in [0.05, 0.1) is 17.7 Å². The van der Waals surface area contributed by atoms with Crippen molar-refractivity contribution in [2.45, 2.75) is 0 Å². The number of halogens is 1. The van der Waals surface area contributed by atoms with Crippen molar-refractivity contribution in [2.24, 2.45) is 0 Å². The Labute approximate surface area is 120 Å². The van der Waals surface area contributed by atoms with E-state index in [-0.39, 0.29) is 11.4 Å². The lowest BCUT2D eigenvalue weighted by molar-refractivity contribution is -0.383. The minimum atomic E-state index is -0.529. The van der Waals surface area contributed by atoms with Crippen LogP contribution in [0, 0.1) is 10.1 Å². The van der Waals surface area contributed by atoms with Gasteiger partial charge in [-0.25, -0.2) is 0 Å². The number of nitrogens with zero attached hydrogens (tertiary/aromatic N) is 1. The van der Waals surface area contributed by atoms with Gasteiger partial charge in [0.15, 0.2) is 0 Å². The molecule has 2 rings (SSSR count). The molecule has 0 bridgehead atoms. The molecule has 20 heavy (non-hydrogen) atoms. The first-order chi connectivity index (χ1) is 9.51. The van der Waals surface area contributed by atoms with Gasteiger partial charge < -0.3 is 15.8 Å². The number of hydrogen-bond acceptors (Lipinski definition) is 5. The molecule has 0 fully saturated rings. The summed E-state index contributed by atoms with van der Waals surface area (Å²) in [6.07, 6.45) is 0. The molecule has 2 aromatic carbocycles. The van der Waals surface area contributed by atoms with Gasteiger partial charge in [0.1, 0.15) is 11.4 Å². The standard InChI is InChI=1S/C13H12ClN3O3/c1-20-13-5-2-8(14)6-11(13)16-9-3-4-12(17(18)19)10(15)7-9/h2-7,16H,15H2,1H3. The summed E-state index contributed by atoms with van der Waals surface area (Å²) in [6.45, 7) is 0. The first-order valence-corrected chi connectivity index (χ1v) is 6.03. The van der Waals surface area contributed by atoms with Gasteiger partial charge in [-0.15, -0.1) is 0 Å². The zero-order valence-electron chi connectivity index (χ0n) is 10.6. The Bertz CT molecular complexity index is 661. The summed E-state index contributed by atoms with van der Waals surface area (Å²) < 4.78 is 5.20. The van der Waals surface area contributed by atoms with E-state index in [2.05, 4.69) is 5.32 Å². The largest absolute Gasteiger partial charge is 0.495 e. The zero-order chi connectivity index (χ0) is 14.7. The van der Waals surface area contributed by atoms with Crippen molar-refractivity contribution >= 4 is 34.4 Å². The molecule has 0 radical (unpaired) electrons. The van der Waals surface area contributed by atoms with E-state index in [4.69, 9.17) is 22.1 Å². The molecule has 0 amide bonds. The van der Waals surface area contributed by atoms with Crippen molar-refractivity contribution in [3.05, 3.63) is 51.5 Å². The summed E-state index contributed by atoms with van der Waals surface area (Å²) in [7, 11) is 1.54. The van der Waals surface area contributed by atoms with Crippen LogP contribution in [0.25, 0.3) is 0 Å². The van der Waals surface area contributed by atoms with E-state index < -0.39 is 4.92 Å². The minimum Gasteiger partial charge on any atom is -0.495 e. The molecule has 0 aliphatic carbocycles. The van der Waals surface area contributed by atoms with Crippen LogP contribution in [0.2, 0.25) is 5.02 Å². The van der Waals surface area contributed by atoms with Crippen LogP contribution < -0.4 is 15.8 Å². The quantitative estimate of drug-likeness (QED) is 0.511. The number of nitrogen functional groups attached to an aromatic ring is 1. The van der Waals surface area contributed by atoms with Crippen LogP contribution in [-0.4, -0.2) is 12.0 Å². The molecule has 0 saturated heterocycles. The van der Waals surface area contributed by atoms with Gasteiger partial charge in [0.25, 0.3) is 5.69 Å². The molecule has 2 aromatic rings. The van der Waals surface area contributed by atoms with Crippen molar-refractivity contribution in [3.63, 3.8) is 0 Å². The molecular weight excluding hydrogens is 282 g/mol. The first kappa shape index (κ1) is 14.0. The number of hydrogen-bond donors (Lipinski definition) is 2. The van der Waals surface area contributed by atoms with Crippen LogP contribution in [0.15, 0.2) is 36.4 Å². The van der Waals surface area contributed by atoms with Crippen molar-refractivity contribution in [1.29, 1.82) is 0 Å². The monoisotopic (exact) mass is 293 g/mol. The Hall–Kier alpha value is -2.47. The second-order valence-electron chi connectivity index (χ2n) is 4.00. The van der Waals surface area contributed by atoms with Crippen LogP contribution in [0.5, 0.6) is 5.75 Å². The third-order valence-electron chi connectivity index (χ3n) is 2.66. The summed E-state index contributed by atoms with van der Waals surface area (Å²) in [5, 5.41) is 14.3. The predicted octanol–water partition coefficient (Wildman–Crippen LogP) is 3.58. The van der Waals surface area contributed by atoms with Gasteiger partial charge in [0, 0.05) is 16.8 Å². The zero-order valence-corrected chi connectivity index (χ0v) is 11.3. The molecule has 0 aliphatic rings. The van der Waals surface area contributed by atoms with Crippen molar-refractivity contribution in [1.82, 2.24) is 0 Å². The molecule has 0 unspecified atom stereocenters. The molecular formula is C13H12ClN3O3. The van der Waals surface area contributed by atoms with Crippen LogP contribution >= 0.6 is 11.6 Å². The molecule has 104 valence electrons. The maximum atomic E-state index is 10.7. The van der Waals surface area contributed by atoms with Crippen LogP contribution in [0.3, 0.4) is 0 Å². The fourth-order valence-corrected chi connectivity index (χ4v) is 1.90. The van der Waals surface area contributed by atoms with Gasteiger partial charge in [-0.05, 0) is 30.3 Å². The molecule has 0 aromatic heterocycles. The number of methoxy groups -OCH3 is 1. The number of nitrogens with one attached hydrogen (secondary N) is 1. The van der Waals surface area contributed by atoms with E-state index in [0.29, 0.717) is 22.1 Å². The average molecular weight is 294 g/mol. The highest BCUT2D eigenvalue weighted by Gasteiger charge is 2.12. The molecule has 0 aliphatic heterocycles. The van der Waals surface area contributed by atoms with Crippen LogP contribution in [0.1, 0.15) is 0 Å². The number of ether oxygens (including phenoxy) is 1. The second kappa shape index (κ2) is 5.66. The third-order valence-corrected chi connectivity index (χ3v) is 2.90. The highest BCUT2D eigenvalue weighted by atomic mass is 35.5. The number of nitro benzene ring substituents is 1. The van der Waals surface area contributed by atoms with E-state index in [9.17, 15) is 10.1 Å². The summed E-state index contributed by atoms with van der Waals surface area (Å²) >= 11 is 5.93. The molecule has 6 nitrogen and oxygen atoms in total. The molecule has 7 heteroatoms. The highest BCUT2D eigenvalue weighted by Crippen LogP contribution is 2.32. The van der Waals surface area contributed by atoms with Gasteiger partial charge >= 0.3 is 0 Å². The lowest BCUT2D eigenvalue weighted by Gasteiger charge is -2.12. The normalized spacial score (nSPS) is 10.1. The molecule has 0 saturated carbocycles. The van der Waals surface area contributed by atoms with Crippen LogP contribution in [-0.2, 0) is 0 Å². The Morgan fingerprint density at radius 3 is 2.65 bits per heavy atom. The highest BCUT2D eigenvalue weighted by molar-refractivity contribution is 6.31. The Morgan fingerprint density at radius 2 is 2.05 bits per heavy atom. The SMILES string of the molecule is COc1ccc(Cl)cc1Nc1ccc([N+](=O)[O-])c(N)c1. The Balaban J connectivity index is 2.33. The van der Waals surface area contributed by atoms with Gasteiger partial charge in [-0.2, -0.15) is 0 Å². The number of nitrogens with two attached hydrogens (primary N) is 1. The van der Waals surface area contributed by atoms with Gasteiger partial charge in [-0.3, -0.25) is 10.1 Å². The molecule has 0 spiro atoms. The predicted molar refractivity (Wildman–Crippen MR) is 78.8 cm³/mol. The molecule has 3 N–H and O–H groups in total. The molecule has 0 heterocycles. The first-order valence-electron chi connectivity index (χ1n) is 5.65.